The first-order chi connectivity index (χ1) is 9.88. The SMILES string of the molecule is CCCn1ncc(Cl)c1C1CC(C(C)(C)C)CCC1CN. The van der Waals surface area contributed by atoms with Gasteiger partial charge in [-0.05, 0) is 49.5 Å². The fraction of sp³-hybridized carbons (Fsp3) is 0.824. The third kappa shape index (κ3) is 3.62. The molecule has 0 radical (unpaired) electrons. The second kappa shape index (κ2) is 6.70. The lowest BCUT2D eigenvalue weighted by atomic mass is 9.65. The minimum absolute atomic E-state index is 0.347. The Bertz CT molecular complexity index is 461. The van der Waals surface area contributed by atoms with Crippen LogP contribution in [0.4, 0.5) is 0 Å². The Balaban J connectivity index is 2.31. The van der Waals surface area contributed by atoms with Gasteiger partial charge in [-0.1, -0.05) is 39.3 Å². The molecule has 2 rings (SSSR count). The highest BCUT2D eigenvalue weighted by Gasteiger charge is 2.38. The number of aryl methyl sites for hydroxylation is 1. The molecule has 3 nitrogen and oxygen atoms in total. The zero-order valence-electron chi connectivity index (χ0n) is 13.9. The van der Waals surface area contributed by atoms with Gasteiger partial charge in [0.15, 0.2) is 0 Å². The molecule has 0 saturated heterocycles. The maximum Gasteiger partial charge on any atom is 0.0820 e. The molecular weight excluding hydrogens is 282 g/mol. The fourth-order valence-electron chi connectivity index (χ4n) is 3.77. The van der Waals surface area contributed by atoms with Crippen molar-refractivity contribution in [2.24, 2.45) is 23.0 Å². The first-order valence-electron chi connectivity index (χ1n) is 8.29. The van der Waals surface area contributed by atoms with Crippen LogP contribution in [0.1, 0.15) is 65.0 Å². The highest BCUT2D eigenvalue weighted by atomic mass is 35.5. The van der Waals surface area contributed by atoms with Gasteiger partial charge < -0.3 is 5.73 Å². The second-order valence-electron chi connectivity index (χ2n) is 7.58. The predicted molar refractivity (Wildman–Crippen MR) is 89.6 cm³/mol. The van der Waals surface area contributed by atoms with Crippen molar-refractivity contribution >= 4 is 11.6 Å². The normalized spacial score (nSPS) is 27.0. The summed E-state index contributed by atoms with van der Waals surface area (Å²) in [6.07, 6.45) is 6.55. The van der Waals surface area contributed by atoms with Crippen LogP contribution >= 0.6 is 11.6 Å². The Morgan fingerprint density at radius 3 is 2.67 bits per heavy atom. The summed E-state index contributed by atoms with van der Waals surface area (Å²) >= 11 is 6.47. The number of rotatable bonds is 4. The van der Waals surface area contributed by atoms with Gasteiger partial charge in [-0.25, -0.2) is 0 Å². The van der Waals surface area contributed by atoms with Crippen LogP contribution in [0.5, 0.6) is 0 Å². The quantitative estimate of drug-likeness (QED) is 0.892. The topological polar surface area (TPSA) is 43.8 Å². The molecule has 0 bridgehead atoms. The molecule has 0 aromatic carbocycles. The zero-order chi connectivity index (χ0) is 15.6. The molecule has 0 spiro atoms. The molecule has 1 aliphatic rings. The average Bonchev–Trinajstić information content (AvgIpc) is 2.78. The van der Waals surface area contributed by atoms with Gasteiger partial charge in [0.05, 0.1) is 16.9 Å². The first kappa shape index (κ1) is 16.8. The Hall–Kier alpha value is -0.540. The van der Waals surface area contributed by atoms with Crippen molar-refractivity contribution in [3.05, 3.63) is 16.9 Å². The summed E-state index contributed by atoms with van der Waals surface area (Å²) < 4.78 is 2.11. The summed E-state index contributed by atoms with van der Waals surface area (Å²) in [5.74, 6) is 1.72. The lowest BCUT2D eigenvalue weighted by molar-refractivity contribution is 0.129. The van der Waals surface area contributed by atoms with E-state index < -0.39 is 0 Å². The summed E-state index contributed by atoms with van der Waals surface area (Å²) in [7, 11) is 0. The van der Waals surface area contributed by atoms with Gasteiger partial charge in [0.25, 0.3) is 0 Å². The Morgan fingerprint density at radius 1 is 1.38 bits per heavy atom. The molecule has 4 heteroatoms. The number of aromatic nitrogens is 2. The van der Waals surface area contributed by atoms with E-state index in [1.807, 2.05) is 0 Å². The number of nitrogens with zero attached hydrogens (tertiary/aromatic N) is 2. The maximum absolute atomic E-state index is 6.47. The molecule has 3 unspecified atom stereocenters. The van der Waals surface area contributed by atoms with Crippen LogP contribution in [0.3, 0.4) is 0 Å². The minimum Gasteiger partial charge on any atom is -0.330 e. The molecule has 1 aromatic heterocycles. The third-order valence-corrected chi connectivity index (χ3v) is 5.43. The van der Waals surface area contributed by atoms with Crippen LogP contribution < -0.4 is 5.73 Å². The molecule has 1 aromatic rings. The van der Waals surface area contributed by atoms with E-state index in [0.29, 0.717) is 17.3 Å². The molecule has 1 fully saturated rings. The van der Waals surface area contributed by atoms with Gasteiger partial charge in [0, 0.05) is 12.5 Å². The van der Waals surface area contributed by atoms with Gasteiger partial charge in [-0.3, -0.25) is 4.68 Å². The molecule has 0 aliphatic heterocycles. The Morgan fingerprint density at radius 2 is 2.10 bits per heavy atom. The summed E-state index contributed by atoms with van der Waals surface area (Å²) in [5.41, 5.74) is 7.63. The van der Waals surface area contributed by atoms with E-state index in [2.05, 4.69) is 37.5 Å². The van der Waals surface area contributed by atoms with Crippen molar-refractivity contribution in [1.82, 2.24) is 9.78 Å². The van der Waals surface area contributed by atoms with Crippen LogP contribution in [0, 0.1) is 17.3 Å². The predicted octanol–water partition coefficient (Wildman–Crippen LogP) is 4.45. The fourth-order valence-corrected chi connectivity index (χ4v) is 4.05. The standard InChI is InChI=1S/C17H30ClN3/c1-5-8-21-16(15(18)11-20-21)14-9-13(17(2,3)4)7-6-12(14)10-19/h11-14H,5-10,19H2,1-4H3. The molecule has 1 saturated carbocycles. The van der Waals surface area contributed by atoms with Crippen molar-refractivity contribution in [3.8, 4) is 0 Å². The molecule has 120 valence electrons. The molecule has 3 atom stereocenters. The van der Waals surface area contributed by atoms with Gasteiger partial charge in [0.1, 0.15) is 0 Å². The molecule has 21 heavy (non-hydrogen) atoms. The Labute approximate surface area is 134 Å². The smallest absolute Gasteiger partial charge is 0.0820 e. The van der Waals surface area contributed by atoms with Crippen molar-refractivity contribution < 1.29 is 0 Å². The van der Waals surface area contributed by atoms with Crippen LogP contribution in [-0.2, 0) is 6.54 Å². The van der Waals surface area contributed by atoms with Gasteiger partial charge in [-0.15, -0.1) is 0 Å². The van der Waals surface area contributed by atoms with Crippen molar-refractivity contribution in [3.63, 3.8) is 0 Å². The van der Waals surface area contributed by atoms with E-state index >= 15 is 0 Å². The maximum atomic E-state index is 6.47. The van der Waals surface area contributed by atoms with E-state index in [1.54, 1.807) is 6.20 Å². The van der Waals surface area contributed by atoms with E-state index in [9.17, 15) is 0 Å². The van der Waals surface area contributed by atoms with Crippen LogP contribution in [0.25, 0.3) is 0 Å². The van der Waals surface area contributed by atoms with E-state index in [-0.39, 0.29) is 0 Å². The van der Waals surface area contributed by atoms with Crippen molar-refractivity contribution in [2.45, 2.75) is 65.8 Å². The molecule has 1 heterocycles. The summed E-state index contributed by atoms with van der Waals surface area (Å²) in [6.45, 7) is 10.9. The third-order valence-electron chi connectivity index (χ3n) is 5.14. The van der Waals surface area contributed by atoms with Gasteiger partial charge in [0.2, 0.25) is 0 Å². The number of hydrogen-bond acceptors (Lipinski definition) is 2. The number of nitrogens with two attached hydrogens (primary N) is 1. The van der Waals surface area contributed by atoms with Crippen molar-refractivity contribution in [1.29, 1.82) is 0 Å². The zero-order valence-corrected chi connectivity index (χ0v) is 14.7. The average molecular weight is 312 g/mol. The monoisotopic (exact) mass is 311 g/mol. The molecule has 0 amide bonds. The van der Waals surface area contributed by atoms with Crippen molar-refractivity contribution in [2.75, 3.05) is 6.54 Å². The van der Waals surface area contributed by atoms with Crippen LogP contribution in [-0.4, -0.2) is 16.3 Å². The van der Waals surface area contributed by atoms with Gasteiger partial charge >= 0.3 is 0 Å². The van der Waals surface area contributed by atoms with E-state index in [0.717, 1.165) is 30.5 Å². The lowest BCUT2D eigenvalue weighted by Gasteiger charge is -2.42. The van der Waals surface area contributed by atoms with E-state index in [4.69, 9.17) is 17.3 Å². The van der Waals surface area contributed by atoms with E-state index in [1.165, 1.54) is 25.0 Å². The molecule has 2 N–H and O–H groups in total. The highest BCUT2D eigenvalue weighted by Crippen LogP contribution is 2.47. The second-order valence-corrected chi connectivity index (χ2v) is 7.99. The summed E-state index contributed by atoms with van der Waals surface area (Å²) in [4.78, 5) is 0. The van der Waals surface area contributed by atoms with Crippen LogP contribution in [0.2, 0.25) is 5.02 Å². The first-order valence-corrected chi connectivity index (χ1v) is 8.67. The minimum atomic E-state index is 0.347. The Kier molecular flexibility index (Phi) is 5.37. The molecule has 1 aliphatic carbocycles. The summed E-state index contributed by atoms with van der Waals surface area (Å²) in [6, 6.07) is 0. The molecular formula is C17H30ClN3. The van der Waals surface area contributed by atoms with Gasteiger partial charge in [-0.2, -0.15) is 5.10 Å². The highest BCUT2D eigenvalue weighted by molar-refractivity contribution is 6.31. The number of halogens is 1. The largest absolute Gasteiger partial charge is 0.330 e. The number of hydrogen-bond donors (Lipinski definition) is 1. The van der Waals surface area contributed by atoms with Crippen LogP contribution in [0.15, 0.2) is 6.20 Å². The lowest BCUT2D eigenvalue weighted by Crippen LogP contribution is -2.35. The summed E-state index contributed by atoms with van der Waals surface area (Å²) in [5, 5.41) is 5.30.